The molecule has 0 saturated heterocycles. The van der Waals surface area contributed by atoms with Crippen LogP contribution in [0.5, 0.6) is 0 Å². The van der Waals surface area contributed by atoms with E-state index in [1.54, 1.807) is 22.8 Å². The van der Waals surface area contributed by atoms with Crippen molar-refractivity contribution in [2.75, 3.05) is 5.75 Å². The van der Waals surface area contributed by atoms with Gasteiger partial charge in [0.15, 0.2) is 10.9 Å². The van der Waals surface area contributed by atoms with E-state index in [4.69, 9.17) is 16.6 Å². The number of nitrogens with zero attached hydrogens (tertiary/aromatic N) is 3. The summed E-state index contributed by atoms with van der Waals surface area (Å²) in [5.74, 6) is 0.455. The zero-order valence-corrected chi connectivity index (χ0v) is 20.7. The van der Waals surface area contributed by atoms with Gasteiger partial charge in [0.1, 0.15) is 0 Å². The summed E-state index contributed by atoms with van der Waals surface area (Å²) in [6.07, 6.45) is 0. The molecule has 0 amide bonds. The van der Waals surface area contributed by atoms with E-state index in [1.807, 2.05) is 50.2 Å². The number of thioether (sulfide) groups is 1. The van der Waals surface area contributed by atoms with Crippen LogP contribution >= 0.6 is 23.4 Å². The quantitative estimate of drug-likeness (QED) is 0.183. The lowest BCUT2D eigenvalue weighted by atomic mass is 10.2. The summed E-state index contributed by atoms with van der Waals surface area (Å²) in [7, 11) is 0. The smallest absolute Gasteiger partial charge is 0.262 e. The van der Waals surface area contributed by atoms with Gasteiger partial charge in [-0.1, -0.05) is 55.4 Å². The third kappa shape index (κ3) is 4.77. The van der Waals surface area contributed by atoms with Gasteiger partial charge < -0.3 is 4.57 Å². The number of hydrogen-bond donors (Lipinski definition) is 0. The van der Waals surface area contributed by atoms with Gasteiger partial charge in [0, 0.05) is 34.2 Å². The molecule has 2 aromatic carbocycles. The second kappa shape index (κ2) is 9.57. The third-order valence-corrected chi connectivity index (χ3v) is 6.72. The Morgan fingerprint density at radius 3 is 2.52 bits per heavy atom. The summed E-state index contributed by atoms with van der Waals surface area (Å²) >= 11 is 7.42. The molecule has 170 valence electrons. The molecule has 2 aromatic heterocycles. The average molecular weight is 480 g/mol. The van der Waals surface area contributed by atoms with E-state index < -0.39 is 0 Å². The minimum atomic E-state index is -0.109. The third-order valence-electron chi connectivity index (χ3n) is 5.51. The predicted octanol–water partition coefficient (Wildman–Crippen LogP) is 6.09. The molecular weight excluding hydrogens is 454 g/mol. The van der Waals surface area contributed by atoms with Crippen molar-refractivity contribution in [1.82, 2.24) is 14.1 Å². The fourth-order valence-electron chi connectivity index (χ4n) is 4.04. The van der Waals surface area contributed by atoms with Crippen LogP contribution in [0.3, 0.4) is 0 Å². The van der Waals surface area contributed by atoms with Crippen molar-refractivity contribution in [3.8, 4) is 5.69 Å². The fraction of sp³-hybridized carbons (Fsp3) is 0.269. The van der Waals surface area contributed by atoms with E-state index >= 15 is 0 Å². The lowest BCUT2D eigenvalue weighted by molar-refractivity contribution is 0.102. The molecule has 0 aliphatic carbocycles. The topological polar surface area (TPSA) is 56.9 Å². The van der Waals surface area contributed by atoms with Crippen LogP contribution in [0, 0.1) is 19.8 Å². The number of aryl methyl sites for hydroxylation is 1. The van der Waals surface area contributed by atoms with Crippen molar-refractivity contribution < 1.29 is 4.79 Å². The molecule has 5 nitrogen and oxygen atoms in total. The van der Waals surface area contributed by atoms with Crippen molar-refractivity contribution in [2.45, 2.75) is 39.4 Å². The number of carbonyl (C=O) groups is 1. The molecule has 0 N–H and O–H groups in total. The Balaban J connectivity index is 1.66. The number of Topliss-reactive ketones (excluding diaryl/α,β-unsaturated/α-hetero) is 1. The number of aromatic nitrogens is 3. The second-order valence-electron chi connectivity index (χ2n) is 8.53. The molecule has 0 aliphatic heterocycles. The summed E-state index contributed by atoms with van der Waals surface area (Å²) in [4.78, 5) is 31.0. The van der Waals surface area contributed by atoms with Crippen LogP contribution in [0.2, 0.25) is 5.02 Å². The molecule has 2 heterocycles. The van der Waals surface area contributed by atoms with Crippen LogP contribution < -0.4 is 5.56 Å². The molecule has 0 bridgehead atoms. The number of para-hydroxylation sites is 1. The Hall–Kier alpha value is -2.83. The van der Waals surface area contributed by atoms with Gasteiger partial charge in [0.2, 0.25) is 0 Å². The molecule has 33 heavy (non-hydrogen) atoms. The Labute approximate surface area is 202 Å². The van der Waals surface area contributed by atoms with Crippen molar-refractivity contribution in [3.63, 3.8) is 0 Å². The highest BCUT2D eigenvalue weighted by molar-refractivity contribution is 7.99. The van der Waals surface area contributed by atoms with Gasteiger partial charge in [-0.05, 0) is 56.2 Å². The Kier molecular flexibility index (Phi) is 6.77. The van der Waals surface area contributed by atoms with Crippen LogP contribution in [0.25, 0.3) is 16.6 Å². The first kappa shape index (κ1) is 23.3. The molecule has 0 fully saturated rings. The van der Waals surface area contributed by atoms with E-state index in [0.29, 0.717) is 33.2 Å². The first-order valence-corrected chi connectivity index (χ1v) is 12.2. The fourth-order valence-corrected chi connectivity index (χ4v) is 5.10. The van der Waals surface area contributed by atoms with Crippen LogP contribution in [0.15, 0.2) is 64.5 Å². The number of fused-ring (bicyclic) bond motifs is 1. The number of halogens is 1. The maximum Gasteiger partial charge on any atom is 0.262 e. The number of carbonyl (C=O) groups excluding carboxylic acids is 1. The molecule has 0 saturated carbocycles. The minimum Gasteiger partial charge on any atom is -0.318 e. The summed E-state index contributed by atoms with van der Waals surface area (Å²) < 4.78 is 3.76. The number of ketones is 1. The van der Waals surface area contributed by atoms with E-state index in [9.17, 15) is 9.59 Å². The van der Waals surface area contributed by atoms with Crippen LogP contribution in [-0.2, 0) is 6.54 Å². The number of hydrogen-bond acceptors (Lipinski definition) is 4. The minimum absolute atomic E-state index is 0.00631. The average Bonchev–Trinajstić information content (AvgIpc) is 3.08. The molecular formula is C26H26ClN3O2S. The molecule has 0 radical (unpaired) electrons. The SMILES string of the molecule is Cc1cc(C(=O)CSc2nc3cc(Cl)ccc3c(=O)n2CC(C)C)c(C)n1-c1ccccc1. The van der Waals surface area contributed by atoms with Crippen molar-refractivity contribution in [1.29, 1.82) is 0 Å². The first-order chi connectivity index (χ1) is 15.8. The van der Waals surface area contributed by atoms with E-state index in [-0.39, 0.29) is 23.0 Å². The molecule has 0 atom stereocenters. The lowest BCUT2D eigenvalue weighted by Crippen LogP contribution is -2.25. The van der Waals surface area contributed by atoms with Crippen LogP contribution in [0.1, 0.15) is 35.6 Å². The maximum atomic E-state index is 13.2. The zero-order valence-electron chi connectivity index (χ0n) is 19.1. The van der Waals surface area contributed by atoms with E-state index in [0.717, 1.165) is 17.1 Å². The summed E-state index contributed by atoms with van der Waals surface area (Å²) in [5.41, 5.74) is 4.06. The van der Waals surface area contributed by atoms with Gasteiger partial charge >= 0.3 is 0 Å². The molecule has 4 rings (SSSR count). The lowest BCUT2D eigenvalue weighted by Gasteiger charge is -2.15. The maximum absolute atomic E-state index is 13.2. The van der Waals surface area contributed by atoms with Crippen molar-refractivity contribution >= 4 is 40.0 Å². The highest BCUT2D eigenvalue weighted by Crippen LogP contribution is 2.25. The molecule has 0 unspecified atom stereocenters. The van der Waals surface area contributed by atoms with Gasteiger partial charge in [-0.25, -0.2) is 4.98 Å². The largest absolute Gasteiger partial charge is 0.318 e. The van der Waals surface area contributed by atoms with Crippen molar-refractivity contribution in [2.24, 2.45) is 5.92 Å². The number of rotatable bonds is 7. The highest BCUT2D eigenvalue weighted by Gasteiger charge is 2.19. The predicted molar refractivity (Wildman–Crippen MR) is 136 cm³/mol. The summed E-state index contributed by atoms with van der Waals surface area (Å²) in [6.45, 7) is 8.60. The van der Waals surface area contributed by atoms with Gasteiger partial charge in [-0.2, -0.15) is 0 Å². The van der Waals surface area contributed by atoms with Gasteiger partial charge in [-0.3, -0.25) is 14.2 Å². The monoisotopic (exact) mass is 479 g/mol. The number of benzene rings is 2. The first-order valence-electron chi connectivity index (χ1n) is 10.9. The van der Waals surface area contributed by atoms with Crippen molar-refractivity contribution in [3.05, 3.63) is 86.9 Å². The normalized spacial score (nSPS) is 11.5. The van der Waals surface area contributed by atoms with Gasteiger partial charge in [0.25, 0.3) is 5.56 Å². The molecule has 0 aliphatic rings. The molecule has 4 aromatic rings. The van der Waals surface area contributed by atoms with E-state index in [2.05, 4.69) is 18.4 Å². The Bertz CT molecular complexity index is 1390. The van der Waals surface area contributed by atoms with E-state index in [1.165, 1.54) is 11.8 Å². The zero-order chi connectivity index (χ0) is 23.7. The standard InChI is InChI=1S/C26H26ClN3O2S/c1-16(2)14-29-25(32)21-11-10-19(27)13-23(21)28-26(29)33-15-24(31)22-12-17(3)30(18(22)4)20-8-6-5-7-9-20/h5-13,16H,14-15H2,1-4H3. The summed E-state index contributed by atoms with van der Waals surface area (Å²) in [5, 5.41) is 1.59. The highest BCUT2D eigenvalue weighted by atomic mass is 35.5. The molecule has 0 spiro atoms. The van der Waals surface area contributed by atoms with Crippen LogP contribution in [0.4, 0.5) is 0 Å². The Morgan fingerprint density at radius 2 is 1.82 bits per heavy atom. The summed E-state index contributed by atoms with van der Waals surface area (Å²) in [6, 6.07) is 17.0. The van der Waals surface area contributed by atoms with Gasteiger partial charge in [0.05, 0.1) is 16.7 Å². The second-order valence-corrected chi connectivity index (χ2v) is 9.91. The Morgan fingerprint density at radius 1 is 1.09 bits per heavy atom. The van der Waals surface area contributed by atoms with Crippen LogP contribution in [-0.4, -0.2) is 25.7 Å². The molecule has 7 heteroatoms. The van der Waals surface area contributed by atoms with Gasteiger partial charge in [-0.15, -0.1) is 0 Å².